The van der Waals surface area contributed by atoms with E-state index in [9.17, 15) is 9.59 Å². The minimum Gasteiger partial charge on any atom is -0.211 e. The second kappa shape index (κ2) is 5.76. The number of isocyanates is 2. The minimum absolute atomic E-state index is 0.407. The lowest BCUT2D eigenvalue weighted by molar-refractivity contribution is 0.564. The first-order valence-corrected chi connectivity index (χ1v) is 5.02. The van der Waals surface area contributed by atoms with Gasteiger partial charge in [-0.15, -0.1) is 0 Å². The Bertz CT molecular complexity index is 482. The summed E-state index contributed by atoms with van der Waals surface area (Å²) in [7, 11) is 0. The van der Waals surface area contributed by atoms with Gasteiger partial charge in [0.25, 0.3) is 0 Å². The zero-order valence-electron chi connectivity index (χ0n) is 9.28. The topological polar surface area (TPSA) is 58.9 Å². The van der Waals surface area contributed by atoms with Gasteiger partial charge in [0.1, 0.15) is 11.4 Å². The molecule has 0 aromatic heterocycles. The first-order valence-electron chi connectivity index (χ1n) is 5.02. The van der Waals surface area contributed by atoms with Crippen molar-refractivity contribution >= 4 is 23.5 Å². The molecule has 82 valence electrons. The summed E-state index contributed by atoms with van der Waals surface area (Å²) in [6.07, 6.45) is 4.68. The number of aryl methyl sites for hydroxylation is 2. The van der Waals surface area contributed by atoms with Crippen LogP contribution in [0.4, 0.5) is 11.4 Å². The van der Waals surface area contributed by atoms with E-state index in [1.807, 2.05) is 19.1 Å². The molecule has 0 aliphatic heterocycles. The van der Waals surface area contributed by atoms with Crippen molar-refractivity contribution in [2.75, 3.05) is 0 Å². The molecule has 0 aliphatic rings. The smallest absolute Gasteiger partial charge is 0.211 e. The van der Waals surface area contributed by atoms with Crippen molar-refractivity contribution in [3.63, 3.8) is 0 Å². The lowest BCUT2D eigenvalue weighted by Gasteiger charge is -2.07. The molecule has 0 amide bonds. The first kappa shape index (κ1) is 12.1. The van der Waals surface area contributed by atoms with Crippen molar-refractivity contribution in [3.8, 4) is 0 Å². The summed E-state index contributed by atoms with van der Waals surface area (Å²) in [5.41, 5.74) is 2.52. The van der Waals surface area contributed by atoms with Crippen molar-refractivity contribution in [1.29, 1.82) is 0 Å². The van der Waals surface area contributed by atoms with Gasteiger partial charge < -0.3 is 0 Å². The van der Waals surface area contributed by atoms with Crippen LogP contribution < -0.4 is 0 Å². The molecule has 1 aromatic rings. The predicted molar refractivity (Wildman–Crippen MR) is 60.7 cm³/mol. The SMILES string of the molecule is CCCc1ccc(C)c(N=C=O)c1N=C=O. The van der Waals surface area contributed by atoms with E-state index in [2.05, 4.69) is 9.98 Å². The maximum atomic E-state index is 10.4. The van der Waals surface area contributed by atoms with E-state index in [0.717, 1.165) is 24.0 Å². The van der Waals surface area contributed by atoms with Crippen LogP contribution in [-0.4, -0.2) is 12.2 Å². The van der Waals surface area contributed by atoms with Crippen LogP contribution in [0.5, 0.6) is 0 Å². The predicted octanol–water partition coefficient (Wildman–Crippen LogP) is 2.88. The van der Waals surface area contributed by atoms with E-state index in [0.29, 0.717) is 11.4 Å². The molecule has 0 saturated heterocycles. The van der Waals surface area contributed by atoms with E-state index in [4.69, 9.17) is 0 Å². The standard InChI is InChI=1S/C12H12N2O2/c1-3-4-10-6-5-9(2)11(13-7-15)12(10)14-8-16/h5-6H,3-4H2,1-2H3. The van der Waals surface area contributed by atoms with E-state index >= 15 is 0 Å². The van der Waals surface area contributed by atoms with Gasteiger partial charge in [0.05, 0.1) is 0 Å². The van der Waals surface area contributed by atoms with Crippen molar-refractivity contribution in [1.82, 2.24) is 0 Å². The summed E-state index contributed by atoms with van der Waals surface area (Å²) in [6, 6.07) is 3.74. The average Bonchev–Trinajstić information content (AvgIpc) is 2.27. The lowest BCUT2D eigenvalue weighted by Crippen LogP contribution is -1.87. The maximum Gasteiger partial charge on any atom is 0.240 e. The molecule has 1 aromatic carbocycles. The molecule has 4 heteroatoms. The fraction of sp³-hybridized carbons (Fsp3) is 0.333. The Hall–Kier alpha value is -2.02. The molecule has 0 fully saturated rings. The van der Waals surface area contributed by atoms with Gasteiger partial charge in [0.15, 0.2) is 0 Å². The second-order valence-electron chi connectivity index (χ2n) is 3.39. The highest BCUT2D eigenvalue weighted by Gasteiger charge is 2.09. The fourth-order valence-electron chi connectivity index (χ4n) is 1.55. The summed E-state index contributed by atoms with van der Waals surface area (Å²) >= 11 is 0. The minimum atomic E-state index is 0.407. The summed E-state index contributed by atoms with van der Waals surface area (Å²) in [5.74, 6) is 0. The molecular weight excluding hydrogens is 204 g/mol. The Labute approximate surface area is 93.7 Å². The van der Waals surface area contributed by atoms with Gasteiger partial charge in [-0.1, -0.05) is 25.5 Å². The molecule has 0 heterocycles. The molecule has 0 N–H and O–H groups in total. The Morgan fingerprint density at radius 1 is 1.12 bits per heavy atom. The molecule has 0 radical (unpaired) electrons. The summed E-state index contributed by atoms with van der Waals surface area (Å²) < 4.78 is 0. The second-order valence-corrected chi connectivity index (χ2v) is 3.39. The molecule has 4 nitrogen and oxygen atoms in total. The number of carbonyl (C=O) groups excluding carboxylic acids is 2. The van der Waals surface area contributed by atoms with Crippen molar-refractivity contribution < 1.29 is 9.59 Å². The fourth-order valence-corrected chi connectivity index (χ4v) is 1.55. The molecule has 1 rings (SSSR count). The number of hydrogen-bond acceptors (Lipinski definition) is 4. The van der Waals surface area contributed by atoms with Gasteiger partial charge in [-0.25, -0.2) is 9.59 Å². The third-order valence-corrected chi connectivity index (χ3v) is 2.27. The monoisotopic (exact) mass is 216 g/mol. The van der Waals surface area contributed by atoms with Crippen LogP contribution >= 0.6 is 0 Å². The zero-order chi connectivity index (χ0) is 12.0. The molecule has 0 unspecified atom stereocenters. The van der Waals surface area contributed by atoms with E-state index in [1.54, 1.807) is 6.92 Å². The third kappa shape index (κ3) is 2.51. The van der Waals surface area contributed by atoms with E-state index in [-0.39, 0.29) is 0 Å². The zero-order valence-corrected chi connectivity index (χ0v) is 9.28. The first-order chi connectivity index (χ1) is 7.74. The van der Waals surface area contributed by atoms with Crippen LogP contribution in [0.3, 0.4) is 0 Å². The van der Waals surface area contributed by atoms with Crippen LogP contribution in [0.25, 0.3) is 0 Å². The van der Waals surface area contributed by atoms with E-state index in [1.165, 1.54) is 12.2 Å². The number of rotatable bonds is 4. The Kier molecular flexibility index (Phi) is 4.34. The number of nitrogens with zero attached hydrogens (tertiary/aromatic N) is 2. The Morgan fingerprint density at radius 2 is 1.75 bits per heavy atom. The van der Waals surface area contributed by atoms with Gasteiger partial charge in [0.2, 0.25) is 12.2 Å². The van der Waals surface area contributed by atoms with Crippen LogP contribution in [0.1, 0.15) is 24.5 Å². The van der Waals surface area contributed by atoms with Gasteiger partial charge >= 0.3 is 0 Å². The highest BCUT2D eigenvalue weighted by molar-refractivity contribution is 5.74. The normalized spacial score (nSPS) is 9.12. The van der Waals surface area contributed by atoms with Gasteiger partial charge in [0, 0.05) is 0 Å². The van der Waals surface area contributed by atoms with Gasteiger partial charge in [-0.3, -0.25) is 0 Å². The summed E-state index contributed by atoms with van der Waals surface area (Å²) in [5, 5.41) is 0. The molecule has 0 saturated carbocycles. The average molecular weight is 216 g/mol. The molecule has 16 heavy (non-hydrogen) atoms. The van der Waals surface area contributed by atoms with E-state index < -0.39 is 0 Å². The highest BCUT2D eigenvalue weighted by atomic mass is 16.1. The van der Waals surface area contributed by atoms with Crippen LogP contribution in [0.2, 0.25) is 0 Å². The molecule has 0 spiro atoms. The molecule has 0 atom stereocenters. The highest BCUT2D eigenvalue weighted by Crippen LogP contribution is 2.35. The largest absolute Gasteiger partial charge is 0.240 e. The summed E-state index contributed by atoms with van der Waals surface area (Å²) in [6.45, 7) is 3.83. The quantitative estimate of drug-likeness (QED) is 0.574. The van der Waals surface area contributed by atoms with Crippen LogP contribution in [-0.2, 0) is 16.0 Å². The molecular formula is C12H12N2O2. The maximum absolute atomic E-state index is 10.4. The molecule has 0 bridgehead atoms. The number of aliphatic imine (C=N–C) groups is 2. The van der Waals surface area contributed by atoms with Crippen molar-refractivity contribution in [2.45, 2.75) is 26.7 Å². The van der Waals surface area contributed by atoms with Crippen molar-refractivity contribution in [2.24, 2.45) is 9.98 Å². The molecule has 0 aliphatic carbocycles. The van der Waals surface area contributed by atoms with Gasteiger partial charge in [-0.05, 0) is 24.5 Å². The van der Waals surface area contributed by atoms with Crippen LogP contribution in [0.15, 0.2) is 22.1 Å². The van der Waals surface area contributed by atoms with Crippen LogP contribution in [0, 0.1) is 6.92 Å². The third-order valence-electron chi connectivity index (χ3n) is 2.27. The lowest BCUT2D eigenvalue weighted by atomic mass is 10.0. The van der Waals surface area contributed by atoms with Gasteiger partial charge in [-0.2, -0.15) is 9.98 Å². The summed E-state index contributed by atoms with van der Waals surface area (Å²) in [4.78, 5) is 27.9. The van der Waals surface area contributed by atoms with Crippen molar-refractivity contribution in [3.05, 3.63) is 23.3 Å². The Balaban J connectivity index is 3.48. The number of hydrogen-bond donors (Lipinski definition) is 0. The number of benzene rings is 1. The Morgan fingerprint density at radius 3 is 2.31 bits per heavy atom.